The standard InChI is InChI=1S/C16H18FN3O3/c1-16(11-4-5-11)14(22)20(15(23)19-16)9-13(21)18-8-10-2-6-12(17)7-3-10/h2-3,6-7,11H,4-5,8-9H2,1H3,(H,18,21)(H,19,23)/t16-/m1/s1. The Labute approximate surface area is 133 Å². The van der Waals surface area contributed by atoms with Gasteiger partial charge in [0.15, 0.2) is 0 Å². The first kappa shape index (κ1) is 15.5. The molecule has 1 saturated heterocycles. The largest absolute Gasteiger partial charge is 0.350 e. The third kappa shape index (κ3) is 3.04. The molecular weight excluding hydrogens is 301 g/mol. The van der Waals surface area contributed by atoms with Crippen molar-refractivity contribution in [3.8, 4) is 0 Å². The number of hydrogen-bond acceptors (Lipinski definition) is 3. The van der Waals surface area contributed by atoms with Crippen molar-refractivity contribution < 1.29 is 18.8 Å². The zero-order valence-electron chi connectivity index (χ0n) is 12.8. The summed E-state index contributed by atoms with van der Waals surface area (Å²) in [6, 6.07) is 5.21. The van der Waals surface area contributed by atoms with E-state index in [1.54, 1.807) is 19.1 Å². The number of rotatable bonds is 5. The molecule has 122 valence electrons. The van der Waals surface area contributed by atoms with Crippen LogP contribution in [0.5, 0.6) is 0 Å². The van der Waals surface area contributed by atoms with Gasteiger partial charge in [0.25, 0.3) is 5.91 Å². The van der Waals surface area contributed by atoms with Crippen LogP contribution in [0.3, 0.4) is 0 Å². The van der Waals surface area contributed by atoms with Gasteiger partial charge >= 0.3 is 6.03 Å². The van der Waals surface area contributed by atoms with Crippen LogP contribution >= 0.6 is 0 Å². The average Bonchev–Trinajstić information content (AvgIpc) is 3.33. The lowest BCUT2D eigenvalue weighted by Crippen LogP contribution is -2.46. The highest BCUT2D eigenvalue weighted by Gasteiger charge is 2.56. The first-order valence-electron chi connectivity index (χ1n) is 7.55. The van der Waals surface area contributed by atoms with Crippen molar-refractivity contribution >= 4 is 17.8 Å². The van der Waals surface area contributed by atoms with Gasteiger partial charge in [-0.1, -0.05) is 12.1 Å². The number of urea groups is 1. The third-order valence-corrected chi connectivity index (χ3v) is 4.40. The van der Waals surface area contributed by atoms with Crippen molar-refractivity contribution in [1.82, 2.24) is 15.5 Å². The number of nitrogens with one attached hydrogen (secondary N) is 2. The molecule has 3 rings (SSSR count). The molecule has 0 spiro atoms. The molecule has 1 saturated carbocycles. The number of imide groups is 1. The monoisotopic (exact) mass is 319 g/mol. The molecule has 1 aromatic rings. The van der Waals surface area contributed by atoms with Gasteiger partial charge in [-0.15, -0.1) is 0 Å². The number of halogens is 1. The van der Waals surface area contributed by atoms with Gasteiger partial charge in [-0.3, -0.25) is 14.5 Å². The van der Waals surface area contributed by atoms with E-state index in [2.05, 4.69) is 10.6 Å². The predicted octanol–water partition coefficient (Wildman–Crippen LogP) is 1.16. The first-order valence-corrected chi connectivity index (χ1v) is 7.55. The van der Waals surface area contributed by atoms with Crippen LogP contribution in [0.1, 0.15) is 25.3 Å². The van der Waals surface area contributed by atoms with Crippen molar-refractivity contribution in [3.05, 3.63) is 35.6 Å². The van der Waals surface area contributed by atoms with Crippen LogP contribution in [0.4, 0.5) is 9.18 Å². The molecule has 6 nitrogen and oxygen atoms in total. The van der Waals surface area contributed by atoms with Crippen molar-refractivity contribution in [2.75, 3.05) is 6.54 Å². The molecule has 1 aliphatic heterocycles. The molecule has 2 aliphatic rings. The SMILES string of the molecule is C[C@]1(C2CC2)NC(=O)N(CC(=O)NCc2ccc(F)cc2)C1=O. The van der Waals surface area contributed by atoms with E-state index in [-0.39, 0.29) is 30.7 Å². The maximum atomic E-state index is 12.8. The van der Waals surface area contributed by atoms with Gasteiger partial charge in [0.2, 0.25) is 5.91 Å². The molecule has 7 heteroatoms. The van der Waals surface area contributed by atoms with Gasteiger partial charge in [0.1, 0.15) is 17.9 Å². The molecule has 1 atom stereocenters. The zero-order valence-corrected chi connectivity index (χ0v) is 12.8. The Bertz CT molecular complexity index is 657. The lowest BCUT2D eigenvalue weighted by Gasteiger charge is -2.20. The number of nitrogens with zero attached hydrogens (tertiary/aromatic N) is 1. The normalized spacial score (nSPS) is 23.8. The van der Waals surface area contributed by atoms with E-state index in [0.717, 1.165) is 23.3 Å². The molecule has 0 radical (unpaired) electrons. The Hall–Kier alpha value is -2.44. The van der Waals surface area contributed by atoms with Crippen LogP contribution in [0.2, 0.25) is 0 Å². The van der Waals surface area contributed by atoms with Gasteiger partial charge in [-0.25, -0.2) is 9.18 Å². The lowest BCUT2D eigenvalue weighted by molar-refractivity contribution is -0.135. The maximum Gasteiger partial charge on any atom is 0.325 e. The summed E-state index contributed by atoms with van der Waals surface area (Å²) >= 11 is 0. The fourth-order valence-corrected chi connectivity index (χ4v) is 2.80. The molecule has 23 heavy (non-hydrogen) atoms. The van der Waals surface area contributed by atoms with E-state index >= 15 is 0 Å². The Morgan fingerprint density at radius 3 is 2.61 bits per heavy atom. The second-order valence-electron chi connectivity index (χ2n) is 6.20. The molecule has 1 aliphatic carbocycles. The predicted molar refractivity (Wildman–Crippen MR) is 79.6 cm³/mol. The van der Waals surface area contributed by atoms with E-state index in [0.29, 0.717) is 0 Å². The summed E-state index contributed by atoms with van der Waals surface area (Å²) in [5.41, 5.74) is -0.145. The van der Waals surface area contributed by atoms with E-state index in [1.165, 1.54) is 12.1 Å². The molecule has 1 heterocycles. The quantitative estimate of drug-likeness (QED) is 0.800. The van der Waals surface area contributed by atoms with Crippen LogP contribution in [0.25, 0.3) is 0 Å². The molecule has 2 N–H and O–H groups in total. The number of carbonyl (C=O) groups is 3. The number of benzene rings is 1. The Morgan fingerprint density at radius 2 is 2.00 bits per heavy atom. The van der Waals surface area contributed by atoms with Crippen LogP contribution in [0, 0.1) is 11.7 Å². The van der Waals surface area contributed by atoms with Crippen LogP contribution in [-0.2, 0) is 16.1 Å². The lowest BCUT2D eigenvalue weighted by atomic mass is 9.96. The smallest absolute Gasteiger partial charge is 0.325 e. The van der Waals surface area contributed by atoms with Crippen molar-refractivity contribution in [3.63, 3.8) is 0 Å². The topological polar surface area (TPSA) is 78.5 Å². The highest BCUT2D eigenvalue weighted by Crippen LogP contribution is 2.42. The molecule has 0 bridgehead atoms. The second-order valence-corrected chi connectivity index (χ2v) is 6.20. The van der Waals surface area contributed by atoms with E-state index in [1.807, 2.05) is 0 Å². The summed E-state index contributed by atoms with van der Waals surface area (Å²) in [4.78, 5) is 37.3. The Kier molecular flexibility index (Phi) is 3.79. The summed E-state index contributed by atoms with van der Waals surface area (Å²) in [7, 11) is 0. The molecule has 1 aromatic carbocycles. The summed E-state index contributed by atoms with van der Waals surface area (Å²) in [6.07, 6.45) is 1.82. The Morgan fingerprint density at radius 1 is 1.35 bits per heavy atom. The van der Waals surface area contributed by atoms with Gasteiger partial charge < -0.3 is 10.6 Å². The summed E-state index contributed by atoms with van der Waals surface area (Å²) in [5.74, 6) is -0.968. The minimum atomic E-state index is -0.881. The molecule has 4 amide bonds. The number of carbonyl (C=O) groups excluding carboxylic acids is 3. The third-order valence-electron chi connectivity index (χ3n) is 4.40. The van der Waals surface area contributed by atoms with E-state index in [9.17, 15) is 18.8 Å². The minimum Gasteiger partial charge on any atom is -0.350 e. The fraction of sp³-hybridized carbons (Fsp3) is 0.438. The van der Waals surface area contributed by atoms with Gasteiger partial charge in [-0.05, 0) is 43.4 Å². The van der Waals surface area contributed by atoms with Gasteiger partial charge in [0.05, 0.1) is 0 Å². The highest BCUT2D eigenvalue weighted by molar-refractivity contribution is 6.09. The summed E-state index contributed by atoms with van der Waals surface area (Å²) < 4.78 is 12.8. The fourth-order valence-electron chi connectivity index (χ4n) is 2.80. The Balaban J connectivity index is 1.56. The van der Waals surface area contributed by atoms with Gasteiger partial charge in [0, 0.05) is 6.54 Å². The summed E-state index contributed by atoms with van der Waals surface area (Å²) in [5, 5.41) is 5.32. The zero-order chi connectivity index (χ0) is 16.6. The summed E-state index contributed by atoms with van der Waals surface area (Å²) in [6.45, 7) is 1.61. The van der Waals surface area contributed by atoms with Crippen molar-refractivity contribution in [1.29, 1.82) is 0 Å². The van der Waals surface area contributed by atoms with E-state index in [4.69, 9.17) is 0 Å². The molecular formula is C16H18FN3O3. The van der Waals surface area contributed by atoms with E-state index < -0.39 is 17.5 Å². The second kappa shape index (κ2) is 5.64. The van der Waals surface area contributed by atoms with Crippen molar-refractivity contribution in [2.24, 2.45) is 5.92 Å². The maximum absolute atomic E-state index is 12.8. The minimum absolute atomic E-state index is 0.159. The first-order chi connectivity index (χ1) is 10.9. The molecule has 0 aromatic heterocycles. The highest BCUT2D eigenvalue weighted by atomic mass is 19.1. The van der Waals surface area contributed by atoms with Crippen LogP contribution < -0.4 is 10.6 Å². The number of hydrogen-bond donors (Lipinski definition) is 2. The van der Waals surface area contributed by atoms with Gasteiger partial charge in [-0.2, -0.15) is 0 Å². The van der Waals surface area contributed by atoms with Crippen LogP contribution in [0.15, 0.2) is 24.3 Å². The average molecular weight is 319 g/mol. The van der Waals surface area contributed by atoms with Crippen molar-refractivity contribution in [2.45, 2.75) is 31.8 Å². The van der Waals surface area contributed by atoms with Crippen LogP contribution in [-0.4, -0.2) is 34.8 Å². The molecule has 2 fully saturated rings. The number of amides is 4. The molecule has 0 unspecified atom stereocenters.